The van der Waals surface area contributed by atoms with Gasteiger partial charge in [0.15, 0.2) is 0 Å². The number of hydrogen-bond acceptors (Lipinski definition) is 7. The molecule has 0 bridgehead atoms. The predicted molar refractivity (Wildman–Crippen MR) is 111 cm³/mol. The molecule has 2 saturated heterocycles. The van der Waals surface area contributed by atoms with Crippen LogP contribution in [0, 0.1) is 17.2 Å². The number of hydrogen-bond donors (Lipinski definition) is 0. The zero-order chi connectivity index (χ0) is 19.3. The number of pyridine rings is 1. The summed E-state index contributed by atoms with van der Waals surface area (Å²) >= 11 is 0. The summed E-state index contributed by atoms with van der Waals surface area (Å²) in [4.78, 5) is 20.5. The van der Waals surface area contributed by atoms with Crippen molar-refractivity contribution < 1.29 is 0 Å². The largest absolute Gasteiger partial charge is 0.356 e. The summed E-state index contributed by atoms with van der Waals surface area (Å²) in [6.45, 7) is 7.97. The van der Waals surface area contributed by atoms with E-state index in [9.17, 15) is 5.26 Å². The Morgan fingerprint density at radius 3 is 2.54 bits per heavy atom. The molecule has 28 heavy (non-hydrogen) atoms. The fraction of sp³-hybridized carbons (Fsp3) is 0.524. The third kappa shape index (κ3) is 4.01. The van der Waals surface area contributed by atoms with Crippen molar-refractivity contribution in [2.24, 2.45) is 5.92 Å². The van der Waals surface area contributed by atoms with Crippen molar-refractivity contribution in [3.8, 4) is 6.07 Å². The molecule has 2 fully saturated rings. The van der Waals surface area contributed by atoms with Gasteiger partial charge in [-0.05, 0) is 37.3 Å². The van der Waals surface area contributed by atoms with Crippen molar-refractivity contribution in [1.29, 1.82) is 5.26 Å². The van der Waals surface area contributed by atoms with Crippen LogP contribution in [-0.2, 0) is 0 Å². The van der Waals surface area contributed by atoms with E-state index in [2.05, 4.69) is 48.7 Å². The van der Waals surface area contributed by atoms with Gasteiger partial charge in [0, 0.05) is 51.5 Å². The predicted octanol–water partition coefficient (Wildman–Crippen LogP) is 2.70. The van der Waals surface area contributed by atoms with Crippen molar-refractivity contribution >= 4 is 17.5 Å². The Balaban J connectivity index is 1.47. The first-order valence-corrected chi connectivity index (χ1v) is 10.2. The molecule has 0 N–H and O–H groups in total. The van der Waals surface area contributed by atoms with Gasteiger partial charge in [-0.25, -0.2) is 15.0 Å². The summed E-state index contributed by atoms with van der Waals surface area (Å²) < 4.78 is 0. The van der Waals surface area contributed by atoms with E-state index in [1.807, 2.05) is 12.1 Å². The molecule has 1 unspecified atom stereocenters. The van der Waals surface area contributed by atoms with Gasteiger partial charge in [0.05, 0.1) is 5.56 Å². The number of nitrogens with zero attached hydrogens (tertiary/aromatic N) is 7. The minimum absolute atomic E-state index is 0.638. The van der Waals surface area contributed by atoms with Crippen LogP contribution in [0.15, 0.2) is 30.7 Å². The maximum absolute atomic E-state index is 9.37. The van der Waals surface area contributed by atoms with E-state index < -0.39 is 0 Å². The van der Waals surface area contributed by atoms with Gasteiger partial charge >= 0.3 is 0 Å². The minimum Gasteiger partial charge on any atom is -0.356 e. The second-order valence-corrected chi connectivity index (χ2v) is 7.74. The van der Waals surface area contributed by atoms with Crippen molar-refractivity contribution in [2.75, 3.05) is 54.0 Å². The molecular formula is C21H27N7. The third-order valence-corrected chi connectivity index (χ3v) is 5.65. The van der Waals surface area contributed by atoms with Crippen LogP contribution >= 0.6 is 0 Å². The van der Waals surface area contributed by atoms with Crippen LogP contribution < -0.4 is 14.7 Å². The van der Waals surface area contributed by atoms with Gasteiger partial charge in [-0.15, -0.1) is 0 Å². The van der Waals surface area contributed by atoms with E-state index in [0.29, 0.717) is 11.5 Å². The maximum atomic E-state index is 9.37. The molecule has 0 spiro atoms. The fourth-order valence-electron chi connectivity index (χ4n) is 4.18. The second-order valence-electron chi connectivity index (χ2n) is 7.74. The molecule has 1 atom stereocenters. The lowest BCUT2D eigenvalue weighted by molar-refractivity contribution is 0.444. The Labute approximate surface area is 166 Å². The molecule has 7 heteroatoms. The van der Waals surface area contributed by atoms with Crippen molar-refractivity contribution in [1.82, 2.24) is 15.0 Å². The van der Waals surface area contributed by atoms with E-state index in [0.717, 1.165) is 63.1 Å². The molecule has 146 valence electrons. The van der Waals surface area contributed by atoms with Crippen LogP contribution in [-0.4, -0.2) is 54.2 Å². The monoisotopic (exact) mass is 377 g/mol. The van der Waals surface area contributed by atoms with E-state index in [4.69, 9.17) is 0 Å². The average Bonchev–Trinajstić information content (AvgIpc) is 3.00. The SMILES string of the molecule is CC1CCCN(c2cc(N3CCCN(c4ncccc4C#N)CC3)ncn2)C1. The molecule has 2 aromatic heterocycles. The van der Waals surface area contributed by atoms with E-state index in [-0.39, 0.29) is 0 Å². The number of piperidine rings is 1. The summed E-state index contributed by atoms with van der Waals surface area (Å²) in [6.07, 6.45) is 6.98. The first kappa shape index (κ1) is 18.5. The lowest BCUT2D eigenvalue weighted by atomic mass is 10.0. The summed E-state index contributed by atoms with van der Waals surface area (Å²) in [7, 11) is 0. The van der Waals surface area contributed by atoms with Crippen LogP contribution in [0.5, 0.6) is 0 Å². The Morgan fingerprint density at radius 1 is 0.964 bits per heavy atom. The van der Waals surface area contributed by atoms with Crippen LogP contribution in [0.4, 0.5) is 17.5 Å². The lowest BCUT2D eigenvalue weighted by Crippen LogP contribution is -2.35. The van der Waals surface area contributed by atoms with Gasteiger partial charge in [0.25, 0.3) is 0 Å². The van der Waals surface area contributed by atoms with Gasteiger partial charge in [-0.2, -0.15) is 5.26 Å². The topological polar surface area (TPSA) is 72.2 Å². The van der Waals surface area contributed by atoms with E-state index in [1.165, 1.54) is 12.8 Å². The molecule has 0 radical (unpaired) electrons. The van der Waals surface area contributed by atoms with Gasteiger partial charge in [0.1, 0.15) is 29.9 Å². The standard InChI is InChI=1S/C21H27N7/c1-17-5-3-8-28(15-17)20-13-19(24-16-25-20)26-9-4-10-27(12-11-26)21-18(14-22)6-2-7-23-21/h2,6-7,13,16-17H,3-5,8-12,15H2,1H3. The Hall–Kier alpha value is -2.88. The first-order valence-electron chi connectivity index (χ1n) is 10.2. The Kier molecular flexibility index (Phi) is 5.56. The number of rotatable bonds is 3. The zero-order valence-electron chi connectivity index (χ0n) is 16.5. The quantitative estimate of drug-likeness (QED) is 0.814. The molecule has 2 aliphatic heterocycles. The molecule has 2 aliphatic rings. The van der Waals surface area contributed by atoms with Crippen LogP contribution in [0.25, 0.3) is 0 Å². The maximum Gasteiger partial charge on any atom is 0.146 e. The van der Waals surface area contributed by atoms with Crippen LogP contribution in [0.1, 0.15) is 31.7 Å². The van der Waals surface area contributed by atoms with E-state index in [1.54, 1.807) is 12.5 Å². The third-order valence-electron chi connectivity index (χ3n) is 5.65. The smallest absolute Gasteiger partial charge is 0.146 e. The van der Waals surface area contributed by atoms with Gasteiger partial charge in [-0.1, -0.05) is 6.92 Å². The zero-order valence-corrected chi connectivity index (χ0v) is 16.5. The summed E-state index contributed by atoms with van der Waals surface area (Å²) in [6, 6.07) is 8.04. The molecule has 0 aliphatic carbocycles. The summed E-state index contributed by atoms with van der Waals surface area (Å²) in [5, 5.41) is 9.37. The highest BCUT2D eigenvalue weighted by Gasteiger charge is 2.21. The molecule has 2 aromatic rings. The van der Waals surface area contributed by atoms with Crippen LogP contribution in [0.2, 0.25) is 0 Å². The van der Waals surface area contributed by atoms with Crippen molar-refractivity contribution in [3.05, 3.63) is 36.3 Å². The Morgan fingerprint density at radius 2 is 1.71 bits per heavy atom. The van der Waals surface area contributed by atoms with Crippen LogP contribution in [0.3, 0.4) is 0 Å². The first-order chi connectivity index (χ1) is 13.7. The molecular weight excluding hydrogens is 350 g/mol. The highest BCUT2D eigenvalue weighted by Crippen LogP contribution is 2.25. The number of anilines is 3. The average molecular weight is 377 g/mol. The van der Waals surface area contributed by atoms with Crippen molar-refractivity contribution in [3.63, 3.8) is 0 Å². The summed E-state index contributed by atoms with van der Waals surface area (Å²) in [5.41, 5.74) is 0.638. The normalized spacial score (nSPS) is 20.6. The highest BCUT2D eigenvalue weighted by molar-refractivity contribution is 5.55. The Bertz CT molecular complexity index is 847. The van der Waals surface area contributed by atoms with Gasteiger partial charge in [-0.3, -0.25) is 0 Å². The lowest BCUT2D eigenvalue weighted by Gasteiger charge is -2.32. The van der Waals surface area contributed by atoms with E-state index >= 15 is 0 Å². The molecule has 0 saturated carbocycles. The molecule has 0 aromatic carbocycles. The minimum atomic E-state index is 0.638. The summed E-state index contributed by atoms with van der Waals surface area (Å²) in [5.74, 6) is 3.53. The van der Waals surface area contributed by atoms with Gasteiger partial charge in [0.2, 0.25) is 0 Å². The fourth-order valence-corrected chi connectivity index (χ4v) is 4.18. The van der Waals surface area contributed by atoms with Gasteiger partial charge < -0.3 is 14.7 Å². The molecule has 4 heterocycles. The number of nitriles is 1. The second kappa shape index (κ2) is 8.42. The molecule has 0 amide bonds. The highest BCUT2D eigenvalue weighted by atomic mass is 15.3. The number of aromatic nitrogens is 3. The van der Waals surface area contributed by atoms with Crippen molar-refractivity contribution in [2.45, 2.75) is 26.2 Å². The molecule has 4 rings (SSSR count). The molecule has 7 nitrogen and oxygen atoms in total.